The van der Waals surface area contributed by atoms with E-state index in [1.165, 1.54) is 57.8 Å². The van der Waals surface area contributed by atoms with Crippen molar-refractivity contribution in [3.8, 4) is 0 Å². The smallest absolute Gasteiger partial charge is 1.00 e. The second-order valence-corrected chi connectivity index (χ2v) is 12.2. The Kier molecular flexibility index (Phi) is 7.79. The summed E-state index contributed by atoms with van der Waals surface area (Å²) in [7, 11) is 0. The van der Waals surface area contributed by atoms with Crippen LogP contribution in [0.4, 0.5) is 0 Å². The molecule has 1 nitrogen and oxygen atoms in total. The van der Waals surface area contributed by atoms with Crippen LogP contribution < -0.4 is 29.6 Å². The Balaban J connectivity index is 0.00000160. The van der Waals surface area contributed by atoms with Gasteiger partial charge in [0.05, 0.1) is 6.10 Å². The van der Waals surface area contributed by atoms with Gasteiger partial charge in [0.25, 0.3) is 0 Å². The van der Waals surface area contributed by atoms with Gasteiger partial charge >= 0.3 is 29.6 Å². The first kappa shape index (κ1) is 24.3. The number of hydrogen-bond donors (Lipinski definition) is 1. The molecule has 3 saturated carbocycles. The number of fused-ring (bicyclic) bond motifs is 5. The zero-order valence-corrected chi connectivity index (χ0v) is 22.3. The summed E-state index contributed by atoms with van der Waals surface area (Å²) in [6, 6.07) is 0. The van der Waals surface area contributed by atoms with Gasteiger partial charge in [-0.05, 0) is 97.7 Å². The molecule has 4 rings (SSSR count). The van der Waals surface area contributed by atoms with Crippen LogP contribution in [0.5, 0.6) is 0 Å². The fraction of sp³-hybridized carbons (Fsp3) is 0.926. The molecule has 0 aromatic heterocycles. The van der Waals surface area contributed by atoms with Gasteiger partial charge in [-0.15, -0.1) is 0 Å². The molecule has 2 heteroatoms. The molecule has 0 saturated heterocycles. The summed E-state index contributed by atoms with van der Waals surface area (Å²) in [5.41, 5.74) is 2.60. The minimum atomic E-state index is -0.0766. The average molecular weight is 411 g/mol. The first-order chi connectivity index (χ1) is 13.3. The van der Waals surface area contributed by atoms with Crippen LogP contribution >= 0.6 is 0 Å². The molecule has 3 fully saturated rings. The molecule has 1 unspecified atom stereocenters. The van der Waals surface area contributed by atoms with Crippen LogP contribution in [0.1, 0.15) is 107 Å². The fourth-order valence-corrected chi connectivity index (χ4v) is 8.67. The Bertz CT molecular complexity index is 604. The third-order valence-corrected chi connectivity index (χ3v) is 10.3. The normalized spacial score (nSPS) is 44.9. The first-order valence-electron chi connectivity index (χ1n) is 12.6. The summed E-state index contributed by atoms with van der Waals surface area (Å²) < 4.78 is 0. The Hall–Kier alpha value is 0.700. The fourth-order valence-electron chi connectivity index (χ4n) is 8.67. The SMILES string of the molecule is CC(C)CCCC(C)[C@H]1CC[C@H]2[C@@H]3CC=C4C[C@@H](O)CC[C@]4(C)[C@H]3CC[C@]12C.[H-].[Na+]. The number of aliphatic hydroxyl groups excluding tert-OH is 1. The van der Waals surface area contributed by atoms with Gasteiger partial charge in [-0.2, -0.15) is 0 Å². The molecular formula is C27H47NaO. The molecule has 0 aromatic carbocycles. The van der Waals surface area contributed by atoms with E-state index >= 15 is 0 Å². The number of hydrogen-bond acceptors (Lipinski definition) is 1. The van der Waals surface area contributed by atoms with Crippen LogP contribution in [-0.4, -0.2) is 11.2 Å². The molecule has 0 spiro atoms. The maximum absolute atomic E-state index is 10.2. The van der Waals surface area contributed by atoms with Crippen LogP contribution in [0.15, 0.2) is 11.6 Å². The molecule has 0 heterocycles. The van der Waals surface area contributed by atoms with Gasteiger partial charge < -0.3 is 6.53 Å². The van der Waals surface area contributed by atoms with Gasteiger partial charge in [0, 0.05) is 0 Å². The molecule has 4 aliphatic carbocycles. The van der Waals surface area contributed by atoms with E-state index in [-0.39, 0.29) is 37.1 Å². The Labute approximate surface area is 204 Å². The molecular weight excluding hydrogens is 363 g/mol. The number of rotatable bonds is 5. The zero-order valence-electron chi connectivity index (χ0n) is 21.3. The molecule has 4 aliphatic rings. The second-order valence-electron chi connectivity index (χ2n) is 12.2. The van der Waals surface area contributed by atoms with E-state index < -0.39 is 0 Å². The van der Waals surface area contributed by atoms with Crippen molar-refractivity contribution < 1.29 is 36.1 Å². The van der Waals surface area contributed by atoms with Gasteiger partial charge in [-0.3, -0.25) is 0 Å². The Morgan fingerprint density at radius 1 is 1.03 bits per heavy atom. The van der Waals surface area contributed by atoms with E-state index in [4.69, 9.17) is 0 Å². The monoisotopic (exact) mass is 410 g/mol. The van der Waals surface area contributed by atoms with Crippen molar-refractivity contribution in [1.29, 1.82) is 0 Å². The molecule has 1 N–H and O–H groups in total. The van der Waals surface area contributed by atoms with E-state index in [0.717, 1.165) is 48.3 Å². The van der Waals surface area contributed by atoms with Crippen LogP contribution in [0.25, 0.3) is 0 Å². The van der Waals surface area contributed by atoms with Gasteiger partial charge in [-0.25, -0.2) is 0 Å². The summed E-state index contributed by atoms with van der Waals surface area (Å²) in [5.74, 6) is 5.46. The van der Waals surface area contributed by atoms with Crippen molar-refractivity contribution in [2.45, 2.75) is 111 Å². The summed E-state index contributed by atoms with van der Waals surface area (Å²) in [5, 5.41) is 10.2. The summed E-state index contributed by atoms with van der Waals surface area (Å²) in [6.45, 7) is 12.6. The maximum atomic E-state index is 10.2. The van der Waals surface area contributed by atoms with Crippen molar-refractivity contribution >= 4 is 0 Å². The third kappa shape index (κ3) is 4.34. The molecule has 29 heavy (non-hydrogen) atoms. The molecule has 0 bridgehead atoms. The molecule has 0 radical (unpaired) electrons. The van der Waals surface area contributed by atoms with Crippen LogP contribution in [-0.2, 0) is 0 Å². The Morgan fingerprint density at radius 3 is 2.52 bits per heavy atom. The predicted octanol–water partition coefficient (Wildman–Crippen LogP) is 4.51. The van der Waals surface area contributed by atoms with Crippen LogP contribution in [0, 0.1) is 46.3 Å². The van der Waals surface area contributed by atoms with Crippen molar-refractivity contribution in [3.05, 3.63) is 11.6 Å². The number of aliphatic hydroxyl groups is 1. The van der Waals surface area contributed by atoms with Crippen molar-refractivity contribution in [3.63, 3.8) is 0 Å². The average Bonchev–Trinajstić information content (AvgIpc) is 2.99. The summed E-state index contributed by atoms with van der Waals surface area (Å²) in [4.78, 5) is 0. The summed E-state index contributed by atoms with van der Waals surface area (Å²) >= 11 is 0. The van der Waals surface area contributed by atoms with Gasteiger partial charge in [-0.1, -0.05) is 65.5 Å². The molecule has 162 valence electrons. The molecule has 0 amide bonds. The number of allylic oxidation sites excluding steroid dienone is 1. The zero-order chi connectivity index (χ0) is 20.1. The Morgan fingerprint density at radius 2 is 1.79 bits per heavy atom. The maximum Gasteiger partial charge on any atom is 1.00 e. The van der Waals surface area contributed by atoms with Crippen molar-refractivity contribution in [2.24, 2.45) is 46.3 Å². The second kappa shape index (κ2) is 9.29. The summed E-state index contributed by atoms with van der Waals surface area (Å²) in [6.07, 6.45) is 17.2. The van der Waals surface area contributed by atoms with Crippen LogP contribution in [0.3, 0.4) is 0 Å². The van der Waals surface area contributed by atoms with E-state index in [1.54, 1.807) is 5.57 Å². The van der Waals surface area contributed by atoms with E-state index in [2.05, 4.69) is 40.7 Å². The van der Waals surface area contributed by atoms with Gasteiger partial charge in [0.15, 0.2) is 0 Å². The standard InChI is InChI=1S/C27H46O.Na.H/c1-18(2)7-6-8-19(3)23-11-12-24-22-10-9-20-17-21(28)13-15-26(20,4)25(22)14-16-27(23,24)5;;/h9,18-19,21-25,28H,6-8,10-17H2,1-5H3;;/q;+1;-1/t19?,21-,22-,23+,24-,25-,26-,27+;;/m0../s1. The minimum absolute atomic E-state index is 0. The molecule has 0 aromatic rings. The van der Waals surface area contributed by atoms with E-state index in [0.29, 0.717) is 10.8 Å². The van der Waals surface area contributed by atoms with Gasteiger partial charge in [0.2, 0.25) is 0 Å². The molecule has 0 aliphatic heterocycles. The van der Waals surface area contributed by atoms with Gasteiger partial charge in [0.1, 0.15) is 0 Å². The topological polar surface area (TPSA) is 20.2 Å². The van der Waals surface area contributed by atoms with Crippen molar-refractivity contribution in [2.75, 3.05) is 0 Å². The minimum Gasteiger partial charge on any atom is -1.00 e. The van der Waals surface area contributed by atoms with E-state index in [1.807, 2.05) is 0 Å². The van der Waals surface area contributed by atoms with Crippen LogP contribution in [0.2, 0.25) is 0 Å². The quantitative estimate of drug-likeness (QED) is 0.522. The largest absolute Gasteiger partial charge is 1.00 e. The first-order valence-corrected chi connectivity index (χ1v) is 12.6. The third-order valence-electron chi connectivity index (χ3n) is 10.3. The van der Waals surface area contributed by atoms with E-state index in [9.17, 15) is 5.11 Å². The predicted molar refractivity (Wildman–Crippen MR) is 120 cm³/mol. The molecule has 8 atom stereocenters. The van der Waals surface area contributed by atoms with Crippen molar-refractivity contribution in [1.82, 2.24) is 0 Å².